The van der Waals surface area contributed by atoms with Crippen molar-refractivity contribution < 1.29 is 14.3 Å². The minimum atomic E-state index is -0.534. The minimum Gasteiger partial charge on any atom is -0.447 e. The van der Waals surface area contributed by atoms with Gasteiger partial charge < -0.3 is 15.4 Å². The number of alkyl carbamates (subject to hydrolysis) is 1. The Morgan fingerprint density at radius 2 is 2.60 bits per heavy atom. The minimum absolute atomic E-state index is 0.124. The highest BCUT2D eigenvalue weighted by Crippen LogP contribution is 1.95. The molecule has 1 saturated heterocycles. The van der Waals surface area contributed by atoms with Crippen molar-refractivity contribution in [3.8, 4) is 0 Å². The fourth-order valence-corrected chi connectivity index (χ4v) is 0.700. The number of carbonyl (C=O) groups is 2. The van der Waals surface area contributed by atoms with Crippen molar-refractivity contribution in [2.75, 3.05) is 13.7 Å². The molecule has 0 aromatic carbocycles. The highest BCUT2D eigenvalue weighted by Gasteiger charge is 2.27. The van der Waals surface area contributed by atoms with Crippen LogP contribution in [-0.4, -0.2) is 31.7 Å². The van der Waals surface area contributed by atoms with Gasteiger partial charge in [-0.25, -0.2) is 4.79 Å². The second kappa shape index (κ2) is 2.55. The Bertz CT molecular complexity index is 168. The Kier molecular flexibility index (Phi) is 1.75. The SMILES string of the molecule is CNC(=O)C1COC(=O)N1. The summed E-state index contributed by atoms with van der Waals surface area (Å²) in [7, 11) is 1.51. The predicted octanol–water partition coefficient (Wildman–Crippen LogP) is -1.16. The molecule has 1 atom stereocenters. The van der Waals surface area contributed by atoms with Gasteiger partial charge in [-0.3, -0.25) is 4.79 Å². The smallest absolute Gasteiger partial charge is 0.407 e. The number of likely N-dealkylation sites (N-methyl/N-ethyl adjacent to an activating group) is 1. The van der Waals surface area contributed by atoms with Crippen LogP contribution in [0.3, 0.4) is 0 Å². The van der Waals surface area contributed by atoms with Crippen LogP contribution in [0.4, 0.5) is 4.79 Å². The monoisotopic (exact) mass is 144 g/mol. The van der Waals surface area contributed by atoms with Crippen molar-refractivity contribution >= 4 is 12.0 Å². The number of hydrogen-bond acceptors (Lipinski definition) is 3. The molecule has 2 amide bonds. The summed E-state index contributed by atoms with van der Waals surface area (Å²) >= 11 is 0. The molecule has 1 aliphatic rings. The van der Waals surface area contributed by atoms with Gasteiger partial charge in [0, 0.05) is 7.05 Å². The number of amides is 2. The van der Waals surface area contributed by atoms with E-state index >= 15 is 0 Å². The Balaban J connectivity index is 2.44. The standard InChI is InChI=1S/C5H8N2O3/c1-6-4(8)3-2-10-5(9)7-3/h3H,2H2,1H3,(H,6,8)(H,7,9). The van der Waals surface area contributed by atoms with Crippen LogP contribution in [0.2, 0.25) is 0 Å². The Labute approximate surface area is 57.7 Å². The topological polar surface area (TPSA) is 67.4 Å². The summed E-state index contributed by atoms with van der Waals surface area (Å²) in [5.74, 6) is -0.231. The van der Waals surface area contributed by atoms with E-state index < -0.39 is 12.1 Å². The summed E-state index contributed by atoms with van der Waals surface area (Å²) in [6, 6.07) is -0.516. The molecule has 1 unspecified atom stereocenters. The number of nitrogens with one attached hydrogen (secondary N) is 2. The van der Waals surface area contributed by atoms with Gasteiger partial charge >= 0.3 is 6.09 Å². The molecule has 0 aromatic rings. The van der Waals surface area contributed by atoms with Gasteiger partial charge in [0.05, 0.1) is 0 Å². The van der Waals surface area contributed by atoms with Crippen molar-refractivity contribution in [2.24, 2.45) is 0 Å². The quantitative estimate of drug-likeness (QED) is 0.488. The number of hydrogen-bond donors (Lipinski definition) is 2. The molecule has 56 valence electrons. The Morgan fingerprint density at radius 3 is 3.00 bits per heavy atom. The molecular formula is C5H8N2O3. The fourth-order valence-electron chi connectivity index (χ4n) is 0.700. The normalized spacial score (nSPS) is 23.3. The van der Waals surface area contributed by atoms with Crippen LogP contribution in [0.15, 0.2) is 0 Å². The van der Waals surface area contributed by atoms with Gasteiger partial charge in [0.1, 0.15) is 12.6 Å². The summed E-state index contributed by atoms with van der Waals surface area (Å²) < 4.78 is 4.48. The van der Waals surface area contributed by atoms with E-state index in [1.807, 2.05) is 0 Å². The van der Waals surface area contributed by atoms with Gasteiger partial charge in [-0.05, 0) is 0 Å². The molecule has 0 aliphatic carbocycles. The van der Waals surface area contributed by atoms with E-state index in [0.717, 1.165) is 0 Å². The third-order valence-corrected chi connectivity index (χ3v) is 1.24. The lowest BCUT2D eigenvalue weighted by Gasteiger charge is -2.02. The first kappa shape index (κ1) is 6.85. The van der Waals surface area contributed by atoms with E-state index in [2.05, 4.69) is 15.4 Å². The molecule has 1 aliphatic heterocycles. The van der Waals surface area contributed by atoms with Crippen LogP contribution in [0.5, 0.6) is 0 Å². The second-order valence-corrected chi connectivity index (χ2v) is 1.91. The molecule has 0 aromatic heterocycles. The van der Waals surface area contributed by atoms with Gasteiger partial charge in [-0.2, -0.15) is 0 Å². The van der Waals surface area contributed by atoms with Crippen LogP contribution in [0.25, 0.3) is 0 Å². The zero-order valence-corrected chi connectivity index (χ0v) is 5.51. The second-order valence-electron chi connectivity index (χ2n) is 1.91. The number of ether oxygens (including phenoxy) is 1. The van der Waals surface area contributed by atoms with Crippen molar-refractivity contribution in [3.63, 3.8) is 0 Å². The molecule has 5 heteroatoms. The van der Waals surface area contributed by atoms with Gasteiger partial charge in [0.2, 0.25) is 5.91 Å². The third-order valence-electron chi connectivity index (χ3n) is 1.24. The van der Waals surface area contributed by atoms with Crippen molar-refractivity contribution in [2.45, 2.75) is 6.04 Å². The Hall–Kier alpha value is -1.26. The number of carbonyl (C=O) groups excluding carboxylic acids is 2. The Morgan fingerprint density at radius 1 is 1.90 bits per heavy atom. The molecule has 2 N–H and O–H groups in total. The van der Waals surface area contributed by atoms with E-state index in [0.29, 0.717) is 0 Å². The molecule has 5 nitrogen and oxygen atoms in total. The molecular weight excluding hydrogens is 136 g/mol. The molecule has 0 spiro atoms. The van der Waals surface area contributed by atoms with Gasteiger partial charge in [0.15, 0.2) is 0 Å². The summed E-state index contributed by atoms with van der Waals surface area (Å²) in [5.41, 5.74) is 0. The van der Waals surface area contributed by atoms with E-state index in [1.54, 1.807) is 0 Å². The first-order valence-electron chi connectivity index (χ1n) is 2.89. The predicted molar refractivity (Wildman–Crippen MR) is 32.3 cm³/mol. The van der Waals surface area contributed by atoms with Gasteiger partial charge in [0.25, 0.3) is 0 Å². The molecule has 0 bridgehead atoms. The third kappa shape index (κ3) is 1.18. The van der Waals surface area contributed by atoms with Crippen LogP contribution < -0.4 is 10.6 Å². The van der Waals surface area contributed by atoms with Gasteiger partial charge in [-0.15, -0.1) is 0 Å². The van der Waals surface area contributed by atoms with Crippen molar-refractivity contribution in [1.82, 2.24) is 10.6 Å². The summed E-state index contributed by atoms with van der Waals surface area (Å²) in [6.07, 6.45) is -0.534. The first-order valence-corrected chi connectivity index (χ1v) is 2.89. The van der Waals surface area contributed by atoms with E-state index in [9.17, 15) is 9.59 Å². The average molecular weight is 144 g/mol. The highest BCUT2D eigenvalue weighted by molar-refractivity contribution is 5.87. The zero-order chi connectivity index (χ0) is 7.56. The highest BCUT2D eigenvalue weighted by atomic mass is 16.6. The number of rotatable bonds is 1. The lowest BCUT2D eigenvalue weighted by molar-refractivity contribution is -0.122. The summed E-state index contributed by atoms with van der Waals surface area (Å²) in [5, 5.41) is 4.73. The van der Waals surface area contributed by atoms with E-state index in [-0.39, 0.29) is 12.5 Å². The van der Waals surface area contributed by atoms with Crippen LogP contribution in [0, 0.1) is 0 Å². The average Bonchev–Trinajstić information content (AvgIpc) is 2.34. The molecule has 1 fully saturated rings. The zero-order valence-electron chi connectivity index (χ0n) is 5.51. The summed E-state index contributed by atoms with van der Waals surface area (Å²) in [6.45, 7) is 0.124. The lowest BCUT2D eigenvalue weighted by atomic mass is 10.3. The van der Waals surface area contributed by atoms with Crippen molar-refractivity contribution in [1.29, 1.82) is 0 Å². The maximum atomic E-state index is 10.8. The molecule has 10 heavy (non-hydrogen) atoms. The molecule has 0 saturated carbocycles. The van der Waals surface area contributed by atoms with Crippen LogP contribution >= 0.6 is 0 Å². The van der Waals surface area contributed by atoms with Crippen LogP contribution in [0.1, 0.15) is 0 Å². The van der Waals surface area contributed by atoms with E-state index in [1.165, 1.54) is 7.05 Å². The molecule has 1 rings (SSSR count). The number of cyclic esters (lactones) is 1. The first-order chi connectivity index (χ1) is 4.74. The summed E-state index contributed by atoms with van der Waals surface area (Å²) in [4.78, 5) is 21.1. The van der Waals surface area contributed by atoms with Crippen molar-refractivity contribution in [3.05, 3.63) is 0 Å². The lowest BCUT2D eigenvalue weighted by Crippen LogP contribution is -2.41. The van der Waals surface area contributed by atoms with Gasteiger partial charge in [-0.1, -0.05) is 0 Å². The van der Waals surface area contributed by atoms with E-state index in [4.69, 9.17) is 0 Å². The molecule has 1 heterocycles. The molecule has 0 radical (unpaired) electrons. The van der Waals surface area contributed by atoms with Crippen LogP contribution in [-0.2, 0) is 9.53 Å². The fraction of sp³-hybridized carbons (Fsp3) is 0.600. The maximum Gasteiger partial charge on any atom is 0.407 e. The maximum absolute atomic E-state index is 10.8. The largest absolute Gasteiger partial charge is 0.447 e.